The first-order valence-corrected chi connectivity index (χ1v) is 7.22. The van der Waals surface area contributed by atoms with Crippen molar-refractivity contribution in [2.75, 3.05) is 19.7 Å². The van der Waals surface area contributed by atoms with Crippen molar-refractivity contribution >= 4 is 5.97 Å². The maximum absolute atomic E-state index is 11.6. The molecule has 0 amide bonds. The van der Waals surface area contributed by atoms with E-state index in [0.29, 0.717) is 6.61 Å². The smallest absolute Gasteiger partial charge is 0.308 e. The predicted octanol–water partition coefficient (Wildman–Crippen LogP) is 2.59. The molecule has 2 rings (SSSR count). The van der Waals surface area contributed by atoms with Gasteiger partial charge in [-0.05, 0) is 58.5 Å². The zero-order valence-electron chi connectivity index (χ0n) is 11.0. The number of carbonyl (C=O) groups is 1. The SMILES string of the molecule is CCOC(=O)C1CCC(N2CCCCC2)CC1. The Labute approximate surface area is 105 Å². The van der Waals surface area contributed by atoms with Gasteiger partial charge in [-0.1, -0.05) is 6.42 Å². The monoisotopic (exact) mass is 239 g/mol. The van der Waals surface area contributed by atoms with E-state index in [4.69, 9.17) is 4.74 Å². The second kappa shape index (κ2) is 6.39. The highest BCUT2D eigenvalue weighted by molar-refractivity contribution is 5.72. The van der Waals surface area contributed by atoms with Crippen molar-refractivity contribution in [3.63, 3.8) is 0 Å². The van der Waals surface area contributed by atoms with E-state index in [1.807, 2.05) is 6.92 Å². The lowest BCUT2D eigenvalue weighted by Gasteiger charge is -2.38. The Hall–Kier alpha value is -0.570. The molecule has 17 heavy (non-hydrogen) atoms. The molecule has 3 heteroatoms. The molecule has 1 saturated heterocycles. The van der Waals surface area contributed by atoms with Crippen molar-refractivity contribution in [1.82, 2.24) is 4.90 Å². The van der Waals surface area contributed by atoms with Gasteiger partial charge in [-0.2, -0.15) is 0 Å². The third-order valence-electron chi connectivity index (χ3n) is 4.22. The van der Waals surface area contributed by atoms with Crippen LogP contribution in [0.15, 0.2) is 0 Å². The largest absolute Gasteiger partial charge is 0.466 e. The molecule has 2 fully saturated rings. The molecule has 0 aromatic heterocycles. The van der Waals surface area contributed by atoms with Crippen LogP contribution in [0.3, 0.4) is 0 Å². The van der Waals surface area contributed by atoms with Gasteiger partial charge in [-0.25, -0.2) is 0 Å². The summed E-state index contributed by atoms with van der Waals surface area (Å²) < 4.78 is 5.11. The molecule has 1 saturated carbocycles. The van der Waals surface area contributed by atoms with Crippen molar-refractivity contribution in [2.24, 2.45) is 5.92 Å². The van der Waals surface area contributed by atoms with E-state index in [9.17, 15) is 4.79 Å². The molecular formula is C14H25NO2. The number of likely N-dealkylation sites (tertiary alicyclic amines) is 1. The minimum Gasteiger partial charge on any atom is -0.466 e. The van der Waals surface area contributed by atoms with Crippen molar-refractivity contribution in [2.45, 2.75) is 57.9 Å². The standard InChI is InChI=1S/C14H25NO2/c1-2-17-14(16)12-6-8-13(9-7-12)15-10-4-3-5-11-15/h12-13H,2-11H2,1H3. The molecule has 1 aliphatic carbocycles. The fraction of sp³-hybridized carbons (Fsp3) is 0.929. The van der Waals surface area contributed by atoms with Crippen molar-refractivity contribution in [1.29, 1.82) is 0 Å². The highest BCUT2D eigenvalue weighted by Crippen LogP contribution is 2.29. The fourth-order valence-corrected chi connectivity index (χ4v) is 3.22. The molecule has 0 aromatic rings. The molecular weight excluding hydrogens is 214 g/mol. The zero-order chi connectivity index (χ0) is 12.1. The Morgan fingerprint density at radius 2 is 1.76 bits per heavy atom. The fourth-order valence-electron chi connectivity index (χ4n) is 3.22. The van der Waals surface area contributed by atoms with Crippen LogP contribution >= 0.6 is 0 Å². The van der Waals surface area contributed by atoms with Gasteiger partial charge in [-0.15, -0.1) is 0 Å². The molecule has 0 N–H and O–H groups in total. The molecule has 3 nitrogen and oxygen atoms in total. The van der Waals surface area contributed by atoms with Crippen LogP contribution in [0.2, 0.25) is 0 Å². The lowest BCUT2D eigenvalue weighted by Crippen LogP contribution is -2.42. The summed E-state index contributed by atoms with van der Waals surface area (Å²) in [5.41, 5.74) is 0. The van der Waals surface area contributed by atoms with Crippen molar-refractivity contribution in [3.8, 4) is 0 Å². The van der Waals surface area contributed by atoms with E-state index in [1.165, 1.54) is 45.2 Å². The molecule has 1 aliphatic heterocycles. The van der Waals surface area contributed by atoms with Gasteiger partial charge in [0.05, 0.1) is 12.5 Å². The van der Waals surface area contributed by atoms with Gasteiger partial charge in [0.25, 0.3) is 0 Å². The average Bonchev–Trinajstić information content (AvgIpc) is 2.40. The molecule has 98 valence electrons. The first-order valence-electron chi connectivity index (χ1n) is 7.22. The minimum atomic E-state index is 0.0320. The topological polar surface area (TPSA) is 29.5 Å². The summed E-state index contributed by atoms with van der Waals surface area (Å²) >= 11 is 0. The van der Waals surface area contributed by atoms with Crippen LogP contribution in [0.4, 0.5) is 0 Å². The summed E-state index contributed by atoms with van der Waals surface area (Å²) in [6.45, 7) is 4.95. The Morgan fingerprint density at radius 3 is 2.35 bits per heavy atom. The van der Waals surface area contributed by atoms with Crippen LogP contribution in [0.1, 0.15) is 51.9 Å². The maximum Gasteiger partial charge on any atom is 0.308 e. The zero-order valence-corrected chi connectivity index (χ0v) is 11.0. The predicted molar refractivity (Wildman–Crippen MR) is 67.8 cm³/mol. The number of carbonyl (C=O) groups excluding carboxylic acids is 1. The highest BCUT2D eigenvalue weighted by Gasteiger charge is 2.30. The minimum absolute atomic E-state index is 0.0320. The van der Waals surface area contributed by atoms with Gasteiger partial charge in [0.15, 0.2) is 0 Å². The van der Waals surface area contributed by atoms with Gasteiger partial charge in [0.2, 0.25) is 0 Å². The quantitative estimate of drug-likeness (QED) is 0.709. The van der Waals surface area contributed by atoms with E-state index in [2.05, 4.69) is 4.90 Å². The molecule has 2 aliphatic rings. The Kier molecular flexibility index (Phi) is 4.84. The Balaban J connectivity index is 1.75. The Morgan fingerprint density at radius 1 is 1.12 bits per heavy atom. The van der Waals surface area contributed by atoms with E-state index in [0.717, 1.165) is 18.9 Å². The lowest BCUT2D eigenvalue weighted by atomic mass is 9.85. The van der Waals surface area contributed by atoms with E-state index >= 15 is 0 Å². The average molecular weight is 239 g/mol. The molecule has 0 spiro atoms. The maximum atomic E-state index is 11.6. The summed E-state index contributed by atoms with van der Waals surface area (Å²) in [4.78, 5) is 14.3. The summed E-state index contributed by atoms with van der Waals surface area (Å²) in [7, 11) is 0. The number of ether oxygens (including phenoxy) is 1. The van der Waals surface area contributed by atoms with Gasteiger partial charge in [0, 0.05) is 6.04 Å². The molecule has 0 radical (unpaired) electrons. The summed E-state index contributed by atoms with van der Waals surface area (Å²) in [5, 5.41) is 0. The Bertz CT molecular complexity index is 241. The molecule has 0 atom stereocenters. The van der Waals surface area contributed by atoms with Crippen LogP contribution in [-0.4, -0.2) is 36.6 Å². The number of nitrogens with zero attached hydrogens (tertiary/aromatic N) is 1. The molecule has 0 bridgehead atoms. The third kappa shape index (κ3) is 3.44. The van der Waals surface area contributed by atoms with Gasteiger partial charge >= 0.3 is 5.97 Å². The second-order valence-electron chi connectivity index (χ2n) is 5.35. The summed E-state index contributed by atoms with van der Waals surface area (Å²) in [5.74, 6) is 0.209. The van der Waals surface area contributed by atoms with E-state index < -0.39 is 0 Å². The normalized spacial score (nSPS) is 31.1. The summed E-state index contributed by atoms with van der Waals surface area (Å²) in [6.07, 6.45) is 8.54. The van der Waals surface area contributed by atoms with Gasteiger partial charge in [-0.3, -0.25) is 4.79 Å². The van der Waals surface area contributed by atoms with Crippen LogP contribution in [0.25, 0.3) is 0 Å². The molecule has 0 unspecified atom stereocenters. The number of hydrogen-bond acceptors (Lipinski definition) is 3. The van der Waals surface area contributed by atoms with Crippen LogP contribution in [0.5, 0.6) is 0 Å². The second-order valence-corrected chi connectivity index (χ2v) is 5.35. The van der Waals surface area contributed by atoms with E-state index in [1.54, 1.807) is 0 Å². The van der Waals surface area contributed by atoms with Gasteiger partial charge < -0.3 is 9.64 Å². The van der Waals surface area contributed by atoms with Crippen molar-refractivity contribution < 1.29 is 9.53 Å². The highest BCUT2D eigenvalue weighted by atomic mass is 16.5. The number of piperidine rings is 1. The first-order chi connectivity index (χ1) is 8.31. The van der Waals surface area contributed by atoms with Crippen LogP contribution in [0, 0.1) is 5.92 Å². The van der Waals surface area contributed by atoms with Crippen molar-refractivity contribution in [3.05, 3.63) is 0 Å². The van der Waals surface area contributed by atoms with Crippen LogP contribution < -0.4 is 0 Å². The number of rotatable bonds is 3. The van der Waals surface area contributed by atoms with Crippen LogP contribution in [-0.2, 0) is 9.53 Å². The summed E-state index contributed by atoms with van der Waals surface area (Å²) in [6, 6.07) is 0.737. The third-order valence-corrected chi connectivity index (χ3v) is 4.22. The van der Waals surface area contributed by atoms with Gasteiger partial charge in [0.1, 0.15) is 0 Å². The lowest BCUT2D eigenvalue weighted by molar-refractivity contribution is -0.149. The number of esters is 1. The first kappa shape index (κ1) is 12.9. The molecule has 0 aromatic carbocycles. The number of hydrogen-bond donors (Lipinski definition) is 0. The van der Waals surface area contributed by atoms with E-state index in [-0.39, 0.29) is 11.9 Å². The molecule has 1 heterocycles.